The highest BCUT2D eigenvalue weighted by atomic mass is 19.1. The standard InChI is InChI=1S/C23H26F2N6O2/c1-26-22(32)15-5-7-17(21(25)27-15)30-11-9-29(10-12-30)13-14-4-6-16-20(19(14)24)28-23(33)18-3-2-8-31(16)18/h4-7,18H,2-3,8-13H2,1H3,(H,26,32)(H,28,33). The van der Waals surface area contributed by atoms with E-state index in [2.05, 4.69) is 20.5 Å². The molecule has 10 heteroatoms. The number of halogens is 2. The van der Waals surface area contributed by atoms with Gasteiger partial charge in [0.2, 0.25) is 11.9 Å². The molecule has 2 fully saturated rings. The molecule has 33 heavy (non-hydrogen) atoms. The Morgan fingerprint density at radius 2 is 1.88 bits per heavy atom. The van der Waals surface area contributed by atoms with E-state index < -0.39 is 11.9 Å². The molecule has 2 aromatic rings. The molecule has 0 aliphatic carbocycles. The zero-order chi connectivity index (χ0) is 23.1. The van der Waals surface area contributed by atoms with Crippen molar-refractivity contribution in [3.63, 3.8) is 0 Å². The minimum absolute atomic E-state index is 0.0348. The van der Waals surface area contributed by atoms with Crippen molar-refractivity contribution in [2.75, 3.05) is 54.9 Å². The Morgan fingerprint density at radius 1 is 1.12 bits per heavy atom. The lowest BCUT2D eigenvalue weighted by atomic mass is 10.1. The van der Waals surface area contributed by atoms with Gasteiger partial charge in [-0.3, -0.25) is 14.5 Å². The monoisotopic (exact) mass is 456 g/mol. The first-order chi connectivity index (χ1) is 16.0. The molecule has 2 saturated heterocycles. The lowest BCUT2D eigenvalue weighted by Crippen LogP contribution is -2.46. The molecule has 5 rings (SSSR count). The number of benzene rings is 1. The van der Waals surface area contributed by atoms with Gasteiger partial charge in [-0.05, 0) is 31.0 Å². The van der Waals surface area contributed by atoms with Gasteiger partial charge < -0.3 is 20.4 Å². The number of hydrogen-bond acceptors (Lipinski definition) is 6. The number of nitrogens with zero attached hydrogens (tertiary/aromatic N) is 4. The van der Waals surface area contributed by atoms with E-state index in [9.17, 15) is 14.0 Å². The summed E-state index contributed by atoms with van der Waals surface area (Å²) in [7, 11) is 1.47. The minimum Gasteiger partial charge on any atom is -0.365 e. The van der Waals surface area contributed by atoms with Gasteiger partial charge in [0.25, 0.3) is 5.91 Å². The maximum Gasteiger partial charge on any atom is 0.269 e. The zero-order valence-corrected chi connectivity index (χ0v) is 18.4. The molecule has 2 amide bonds. The van der Waals surface area contributed by atoms with Gasteiger partial charge in [-0.25, -0.2) is 9.37 Å². The van der Waals surface area contributed by atoms with Gasteiger partial charge >= 0.3 is 0 Å². The highest BCUT2D eigenvalue weighted by Crippen LogP contribution is 2.39. The number of amides is 2. The molecule has 1 aromatic carbocycles. The summed E-state index contributed by atoms with van der Waals surface area (Å²) in [5, 5.41) is 5.20. The molecule has 1 atom stereocenters. The number of piperazine rings is 1. The maximum absolute atomic E-state index is 15.3. The predicted octanol–water partition coefficient (Wildman–Crippen LogP) is 1.96. The van der Waals surface area contributed by atoms with Crippen LogP contribution in [0.1, 0.15) is 28.9 Å². The second-order valence-corrected chi connectivity index (χ2v) is 8.62. The third-order valence-electron chi connectivity index (χ3n) is 6.71. The number of anilines is 3. The van der Waals surface area contributed by atoms with E-state index >= 15 is 4.39 Å². The first-order valence-electron chi connectivity index (χ1n) is 11.2. The number of rotatable bonds is 4. The lowest BCUT2D eigenvalue weighted by molar-refractivity contribution is -0.117. The molecular weight excluding hydrogens is 430 g/mol. The van der Waals surface area contributed by atoms with Crippen LogP contribution in [0.25, 0.3) is 0 Å². The van der Waals surface area contributed by atoms with Gasteiger partial charge in [0.05, 0.1) is 11.4 Å². The van der Waals surface area contributed by atoms with Crippen molar-refractivity contribution in [2.45, 2.75) is 25.4 Å². The van der Waals surface area contributed by atoms with Gasteiger partial charge in [-0.1, -0.05) is 6.07 Å². The highest BCUT2D eigenvalue weighted by Gasteiger charge is 2.38. The minimum atomic E-state index is -0.679. The quantitative estimate of drug-likeness (QED) is 0.685. The number of nitrogens with one attached hydrogen (secondary N) is 2. The Morgan fingerprint density at radius 3 is 2.61 bits per heavy atom. The smallest absolute Gasteiger partial charge is 0.269 e. The normalized spacial score (nSPS) is 20.3. The highest BCUT2D eigenvalue weighted by molar-refractivity contribution is 6.04. The van der Waals surface area contributed by atoms with Crippen molar-refractivity contribution in [2.24, 2.45) is 0 Å². The summed E-state index contributed by atoms with van der Waals surface area (Å²) in [5.74, 6) is -1.63. The fraction of sp³-hybridized carbons (Fsp3) is 0.435. The largest absolute Gasteiger partial charge is 0.365 e. The molecule has 0 saturated carbocycles. The van der Waals surface area contributed by atoms with Crippen LogP contribution in [0.15, 0.2) is 24.3 Å². The van der Waals surface area contributed by atoms with E-state index in [1.54, 1.807) is 12.1 Å². The molecule has 4 heterocycles. The van der Waals surface area contributed by atoms with Crippen LogP contribution in [0.3, 0.4) is 0 Å². The van der Waals surface area contributed by atoms with Crippen LogP contribution in [0.5, 0.6) is 0 Å². The molecule has 0 radical (unpaired) electrons. The molecule has 2 N–H and O–H groups in total. The van der Waals surface area contributed by atoms with Crippen molar-refractivity contribution in [1.82, 2.24) is 15.2 Å². The molecule has 1 aromatic heterocycles. The summed E-state index contributed by atoms with van der Waals surface area (Å²) in [6.07, 6.45) is 1.72. The van der Waals surface area contributed by atoms with E-state index in [1.165, 1.54) is 13.1 Å². The SMILES string of the molecule is CNC(=O)c1ccc(N2CCN(Cc3ccc4c(c3F)NC(=O)C3CCCN43)CC2)c(F)n1. The van der Waals surface area contributed by atoms with Crippen molar-refractivity contribution in [1.29, 1.82) is 0 Å². The Balaban J connectivity index is 1.25. The Bertz CT molecular complexity index is 1100. The number of aromatic nitrogens is 1. The topological polar surface area (TPSA) is 80.8 Å². The van der Waals surface area contributed by atoms with E-state index in [0.717, 1.165) is 25.1 Å². The van der Waals surface area contributed by atoms with E-state index in [0.29, 0.717) is 44.0 Å². The average molecular weight is 456 g/mol. The summed E-state index contributed by atoms with van der Waals surface area (Å²) < 4.78 is 29.8. The first kappa shape index (κ1) is 21.6. The zero-order valence-electron chi connectivity index (χ0n) is 18.4. The van der Waals surface area contributed by atoms with Gasteiger partial charge in [-0.2, -0.15) is 4.39 Å². The van der Waals surface area contributed by atoms with Crippen LogP contribution in [-0.4, -0.2) is 67.5 Å². The van der Waals surface area contributed by atoms with Crippen molar-refractivity contribution < 1.29 is 18.4 Å². The fourth-order valence-electron chi connectivity index (χ4n) is 4.93. The second kappa shape index (κ2) is 8.58. The molecule has 0 spiro atoms. The van der Waals surface area contributed by atoms with E-state index in [1.807, 2.05) is 15.9 Å². The van der Waals surface area contributed by atoms with Crippen LogP contribution >= 0.6 is 0 Å². The van der Waals surface area contributed by atoms with Gasteiger partial charge in [0.1, 0.15) is 17.4 Å². The molecule has 1 unspecified atom stereocenters. The van der Waals surface area contributed by atoms with Crippen LogP contribution in [0.2, 0.25) is 0 Å². The molecule has 0 bridgehead atoms. The van der Waals surface area contributed by atoms with Gasteiger partial charge in [-0.15, -0.1) is 0 Å². The predicted molar refractivity (Wildman–Crippen MR) is 120 cm³/mol. The lowest BCUT2D eigenvalue weighted by Gasteiger charge is -2.37. The summed E-state index contributed by atoms with van der Waals surface area (Å²) in [4.78, 5) is 33.8. The molecule has 8 nitrogen and oxygen atoms in total. The molecule has 174 valence electrons. The molecular formula is C23H26F2N6O2. The van der Waals surface area contributed by atoms with Crippen molar-refractivity contribution in [3.05, 3.63) is 47.3 Å². The van der Waals surface area contributed by atoms with Crippen LogP contribution in [-0.2, 0) is 11.3 Å². The van der Waals surface area contributed by atoms with Crippen LogP contribution in [0, 0.1) is 11.8 Å². The molecule has 3 aliphatic heterocycles. The first-order valence-corrected chi connectivity index (χ1v) is 11.2. The number of carbonyl (C=O) groups excluding carboxylic acids is 2. The summed E-state index contributed by atoms with van der Waals surface area (Å²) >= 11 is 0. The third-order valence-corrected chi connectivity index (χ3v) is 6.71. The number of fused-ring (bicyclic) bond motifs is 3. The van der Waals surface area contributed by atoms with Crippen molar-refractivity contribution in [3.8, 4) is 0 Å². The Labute approximate surface area is 190 Å². The van der Waals surface area contributed by atoms with E-state index in [-0.39, 0.29) is 29.1 Å². The average Bonchev–Trinajstić information content (AvgIpc) is 3.32. The number of carbonyl (C=O) groups is 2. The van der Waals surface area contributed by atoms with Gasteiger partial charge in [0, 0.05) is 51.9 Å². The van der Waals surface area contributed by atoms with Crippen LogP contribution < -0.4 is 20.4 Å². The van der Waals surface area contributed by atoms with Crippen LogP contribution in [0.4, 0.5) is 25.8 Å². The Kier molecular flexibility index (Phi) is 5.61. The summed E-state index contributed by atoms with van der Waals surface area (Å²) in [5.41, 5.74) is 1.95. The summed E-state index contributed by atoms with van der Waals surface area (Å²) in [6, 6.07) is 6.58. The van der Waals surface area contributed by atoms with Gasteiger partial charge in [0.15, 0.2) is 5.82 Å². The van der Waals surface area contributed by atoms with E-state index in [4.69, 9.17) is 0 Å². The number of pyridine rings is 1. The maximum atomic E-state index is 15.3. The third kappa shape index (κ3) is 3.88. The van der Waals surface area contributed by atoms with Crippen molar-refractivity contribution >= 4 is 28.9 Å². The number of hydrogen-bond donors (Lipinski definition) is 2. The summed E-state index contributed by atoms with van der Waals surface area (Å²) in [6.45, 7) is 3.51. The second-order valence-electron chi connectivity index (χ2n) is 8.62. The Hall–Kier alpha value is -3.27. The fourth-order valence-corrected chi connectivity index (χ4v) is 4.93. The molecule has 3 aliphatic rings.